The maximum atomic E-state index is 13.1. The number of carbonyl (C=O) groups is 1. The summed E-state index contributed by atoms with van der Waals surface area (Å²) in [6.07, 6.45) is 2.79. The number of nitrogens with zero attached hydrogens (tertiary/aromatic N) is 1. The Bertz CT molecular complexity index is 542. The molecule has 2 aliphatic heterocycles. The van der Waals surface area contributed by atoms with Crippen LogP contribution in [-0.4, -0.2) is 47.3 Å². The molecule has 0 unspecified atom stereocenters. The van der Waals surface area contributed by atoms with Gasteiger partial charge in [0.1, 0.15) is 11.9 Å². The predicted molar refractivity (Wildman–Crippen MR) is 79.8 cm³/mol. The number of β-amino-alcohol motifs (C(OH)–C–C–N with tert-alkyl or cyclic N) is 1. The van der Waals surface area contributed by atoms with Crippen molar-refractivity contribution in [1.29, 1.82) is 0 Å². The van der Waals surface area contributed by atoms with Gasteiger partial charge in [-0.2, -0.15) is 0 Å². The van der Waals surface area contributed by atoms with Gasteiger partial charge >= 0.3 is 0 Å². The van der Waals surface area contributed by atoms with Crippen LogP contribution in [-0.2, 0) is 16.0 Å². The average molecular weight is 307 g/mol. The lowest BCUT2D eigenvalue weighted by molar-refractivity contribution is -0.152. The van der Waals surface area contributed by atoms with Crippen molar-refractivity contribution in [3.63, 3.8) is 0 Å². The Morgan fingerprint density at radius 1 is 1.45 bits per heavy atom. The molecule has 1 aromatic rings. The number of halogens is 1. The van der Waals surface area contributed by atoms with Gasteiger partial charge in [-0.15, -0.1) is 0 Å². The lowest BCUT2D eigenvalue weighted by atomic mass is 9.86. The van der Waals surface area contributed by atoms with E-state index in [1.54, 1.807) is 11.0 Å². The maximum absolute atomic E-state index is 13.1. The minimum atomic E-state index is -0.609. The summed E-state index contributed by atoms with van der Waals surface area (Å²) in [7, 11) is 0. The number of aliphatic hydroxyl groups excluding tert-OH is 1. The van der Waals surface area contributed by atoms with Crippen LogP contribution in [0.15, 0.2) is 24.3 Å². The zero-order chi connectivity index (χ0) is 15.6. The largest absolute Gasteiger partial charge is 0.388 e. The van der Waals surface area contributed by atoms with Crippen molar-refractivity contribution >= 4 is 5.91 Å². The van der Waals surface area contributed by atoms with Crippen molar-refractivity contribution in [2.75, 3.05) is 19.7 Å². The monoisotopic (exact) mass is 307 g/mol. The van der Waals surface area contributed by atoms with Gasteiger partial charge in [0.2, 0.25) is 5.91 Å². The molecule has 5 heteroatoms. The van der Waals surface area contributed by atoms with Gasteiger partial charge < -0.3 is 14.7 Å². The summed E-state index contributed by atoms with van der Waals surface area (Å²) >= 11 is 0. The van der Waals surface area contributed by atoms with E-state index in [1.807, 2.05) is 6.07 Å². The van der Waals surface area contributed by atoms with Crippen LogP contribution in [0.25, 0.3) is 0 Å². The molecule has 0 aliphatic carbocycles. The Morgan fingerprint density at radius 2 is 2.32 bits per heavy atom. The molecule has 1 aromatic carbocycles. The highest BCUT2D eigenvalue weighted by Gasteiger charge is 2.46. The number of carbonyl (C=O) groups excluding carboxylic acids is 1. The van der Waals surface area contributed by atoms with E-state index in [1.165, 1.54) is 12.1 Å². The van der Waals surface area contributed by atoms with Crippen LogP contribution >= 0.6 is 0 Å². The molecule has 2 atom stereocenters. The van der Waals surface area contributed by atoms with Gasteiger partial charge in [0, 0.05) is 26.1 Å². The third-order valence-electron chi connectivity index (χ3n) is 4.81. The fourth-order valence-corrected chi connectivity index (χ4v) is 3.46. The summed E-state index contributed by atoms with van der Waals surface area (Å²) in [6, 6.07) is 6.33. The van der Waals surface area contributed by atoms with Crippen molar-refractivity contribution in [2.24, 2.45) is 0 Å². The summed E-state index contributed by atoms with van der Waals surface area (Å²) in [5, 5.41) is 10.3. The molecule has 1 amide bonds. The Kier molecular flexibility index (Phi) is 4.45. The number of aryl methyl sites for hydroxylation is 1. The highest BCUT2D eigenvalue weighted by molar-refractivity contribution is 5.76. The average Bonchev–Trinajstić information content (AvgIpc) is 2.98. The first-order chi connectivity index (χ1) is 10.6. The molecule has 0 bridgehead atoms. The second-order valence-electron chi connectivity index (χ2n) is 6.25. The molecule has 2 heterocycles. The van der Waals surface area contributed by atoms with Crippen molar-refractivity contribution in [3.05, 3.63) is 35.6 Å². The molecular weight excluding hydrogens is 285 g/mol. The number of hydrogen-bond acceptors (Lipinski definition) is 3. The van der Waals surface area contributed by atoms with Gasteiger partial charge in [0.05, 0.1) is 5.60 Å². The first-order valence-corrected chi connectivity index (χ1v) is 7.93. The van der Waals surface area contributed by atoms with Gasteiger partial charge in [-0.25, -0.2) is 4.39 Å². The van der Waals surface area contributed by atoms with Crippen LogP contribution in [0, 0.1) is 5.82 Å². The Balaban J connectivity index is 1.53. The van der Waals surface area contributed by atoms with Crippen molar-refractivity contribution in [3.8, 4) is 0 Å². The summed E-state index contributed by atoms with van der Waals surface area (Å²) in [5.41, 5.74) is 0.390. The second-order valence-corrected chi connectivity index (χ2v) is 6.25. The highest BCUT2D eigenvalue weighted by Crippen LogP contribution is 2.36. The highest BCUT2D eigenvalue weighted by atomic mass is 19.1. The van der Waals surface area contributed by atoms with Crippen molar-refractivity contribution < 1.29 is 19.0 Å². The lowest BCUT2D eigenvalue weighted by Gasteiger charge is -2.42. The quantitative estimate of drug-likeness (QED) is 0.928. The zero-order valence-corrected chi connectivity index (χ0v) is 12.6. The molecule has 0 saturated carbocycles. The molecule has 3 rings (SSSR count). The van der Waals surface area contributed by atoms with E-state index in [-0.39, 0.29) is 11.7 Å². The minimum Gasteiger partial charge on any atom is -0.388 e. The van der Waals surface area contributed by atoms with Crippen LogP contribution in [0.4, 0.5) is 4.39 Å². The lowest BCUT2D eigenvalue weighted by Crippen LogP contribution is -2.56. The predicted octanol–water partition coefficient (Wildman–Crippen LogP) is 1.90. The molecule has 4 nitrogen and oxygen atoms in total. The van der Waals surface area contributed by atoms with Crippen molar-refractivity contribution in [1.82, 2.24) is 4.90 Å². The minimum absolute atomic E-state index is 0.0103. The van der Waals surface area contributed by atoms with Crippen LogP contribution < -0.4 is 0 Å². The summed E-state index contributed by atoms with van der Waals surface area (Å²) in [5.74, 6) is -0.269. The number of likely N-dealkylation sites (tertiary alicyclic amines) is 1. The topological polar surface area (TPSA) is 49.8 Å². The smallest absolute Gasteiger partial charge is 0.222 e. The maximum Gasteiger partial charge on any atom is 0.222 e. The number of aliphatic hydroxyl groups is 1. The molecule has 2 fully saturated rings. The SMILES string of the molecule is O=C(CCc1cccc(F)c1)N1CC[C@@]2(CCCO2)[C@@H](O)C1. The van der Waals surface area contributed by atoms with Crippen molar-refractivity contribution in [2.45, 2.75) is 43.8 Å². The number of ether oxygens (including phenoxy) is 1. The molecule has 0 aromatic heterocycles. The number of benzene rings is 1. The number of piperidine rings is 1. The number of hydrogen-bond donors (Lipinski definition) is 1. The number of amides is 1. The third-order valence-corrected chi connectivity index (χ3v) is 4.81. The van der Waals surface area contributed by atoms with Crippen LogP contribution in [0.1, 0.15) is 31.2 Å². The summed E-state index contributed by atoms with van der Waals surface area (Å²) in [4.78, 5) is 14.0. The third kappa shape index (κ3) is 3.15. The number of rotatable bonds is 3. The first-order valence-electron chi connectivity index (χ1n) is 7.93. The molecule has 2 aliphatic rings. The van der Waals surface area contributed by atoms with E-state index in [4.69, 9.17) is 4.74 Å². The summed E-state index contributed by atoms with van der Waals surface area (Å²) < 4.78 is 18.9. The zero-order valence-electron chi connectivity index (χ0n) is 12.6. The van der Waals surface area contributed by atoms with Crippen LogP contribution in [0.2, 0.25) is 0 Å². The molecule has 22 heavy (non-hydrogen) atoms. The molecule has 0 radical (unpaired) electrons. The standard InChI is InChI=1S/C17H22FNO3/c18-14-4-1-3-13(11-14)5-6-16(21)19-9-8-17(15(20)12-19)7-2-10-22-17/h1,3-4,11,15,20H,2,5-10,12H2/t15-,17-/m0/s1. The molecule has 120 valence electrons. The fourth-order valence-electron chi connectivity index (χ4n) is 3.46. The second kappa shape index (κ2) is 6.34. The van der Waals surface area contributed by atoms with E-state index in [9.17, 15) is 14.3 Å². The first kappa shape index (κ1) is 15.4. The molecular formula is C17H22FNO3. The Labute approximate surface area is 129 Å². The molecule has 1 N–H and O–H groups in total. The van der Waals surface area contributed by atoms with Gasteiger partial charge in [-0.05, 0) is 43.4 Å². The van der Waals surface area contributed by atoms with Crippen LogP contribution in [0.5, 0.6) is 0 Å². The molecule has 1 spiro atoms. The van der Waals surface area contributed by atoms with Gasteiger partial charge in [-0.1, -0.05) is 12.1 Å². The fraction of sp³-hybridized carbons (Fsp3) is 0.588. The van der Waals surface area contributed by atoms with E-state index in [2.05, 4.69) is 0 Å². The normalized spacial score (nSPS) is 28.3. The van der Waals surface area contributed by atoms with Gasteiger partial charge in [-0.3, -0.25) is 4.79 Å². The van der Waals surface area contributed by atoms with E-state index < -0.39 is 11.7 Å². The van der Waals surface area contributed by atoms with Crippen LogP contribution in [0.3, 0.4) is 0 Å². The van der Waals surface area contributed by atoms with Gasteiger partial charge in [0.25, 0.3) is 0 Å². The van der Waals surface area contributed by atoms with E-state index >= 15 is 0 Å². The Hall–Kier alpha value is -1.46. The summed E-state index contributed by atoms with van der Waals surface area (Å²) in [6.45, 7) is 1.66. The van der Waals surface area contributed by atoms with E-state index in [0.29, 0.717) is 39.0 Å². The Morgan fingerprint density at radius 3 is 3.00 bits per heavy atom. The molecule has 2 saturated heterocycles. The van der Waals surface area contributed by atoms with Gasteiger partial charge in [0.15, 0.2) is 0 Å². The van der Waals surface area contributed by atoms with E-state index in [0.717, 1.165) is 18.4 Å².